The summed E-state index contributed by atoms with van der Waals surface area (Å²) in [7, 11) is 2.99. The highest BCUT2D eigenvalue weighted by atomic mass is 16.5. The normalized spacial score (nSPS) is 10.1. The first-order chi connectivity index (χ1) is 9.56. The summed E-state index contributed by atoms with van der Waals surface area (Å²) in [6.07, 6.45) is 1.16. The van der Waals surface area contributed by atoms with Crippen LogP contribution in [-0.4, -0.2) is 30.3 Å². The molecule has 0 aliphatic heterocycles. The van der Waals surface area contributed by atoms with Crippen LogP contribution in [0.5, 0.6) is 11.5 Å². The van der Waals surface area contributed by atoms with Crippen LogP contribution in [0.4, 0.5) is 0 Å². The number of aromatic amines is 1. The number of aromatic nitrogens is 1. The molecule has 1 aromatic heterocycles. The topological polar surface area (TPSA) is 88.6 Å². The van der Waals surface area contributed by atoms with Crippen molar-refractivity contribution in [2.75, 3.05) is 14.2 Å². The zero-order valence-corrected chi connectivity index (χ0v) is 11.0. The summed E-state index contributed by atoms with van der Waals surface area (Å²) in [6.45, 7) is 0. The highest BCUT2D eigenvalue weighted by Crippen LogP contribution is 2.31. The third-order valence-electron chi connectivity index (χ3n) is 2.85. The smallest absolute Gasteiger partial charge is 0.337 e. The van der Waals surface area contributed by atoms with Crippen molar-refractivity contribution in [3.63, 3.8) is 0 Å². The Morgan fingerprint density at radius 2 is 1.90 bits per heavy atom. The van der Waals surface area contributed by atoms with Crippen molar-refractivity contribution in [3.8, 4) is 22.6 Å². The van der Waals surface area contributed by atoms with E-state index in [1.165, 1.54) is 20.3 Å². The Balaban J connectivity index is 2.64. The van der Waals surface area contributed by atoms with Gasteiger partial charge in [0.15, 0.2) is 0 Å². The monoisotopic (exact) mass is 275 g/mol. The lowest BCUT2D eigenvalue weighted by Crippen LogP contribution is -2.11. The van der Waals surface area contributed by atoms with E-state index in [1.807, 2.05) is 0 Å². The Morgan fingerprint density at radius 3 is 2.50 bits per heavy atom. The average molecular weight is 275 g/mol. The number of rotatable bonds is 4. The molecule has 6 nitrogen and oxygen atoms in total. The molecule has 0 aliphatic rings. The van der Waals surface area contributed by atoms with Crippen LogP contribution in [0.3, 0.4) is 0 Å². The van der Waals surface area contributed by atoms with Gasteiger partial charge in [-0.15, -0.1) is 0 Å². The molecular weight excluding hydrogens is 262 g/mol. The van der Waals surface area contributed by atoms with Gasteiger partial charge in [0, 0.05) is 17.8 Å². The summed E-state index contributed by atoms with van der Waals surface area (Å²) in [5.41, 5.74) is 0.331. The first kappa shape index (κ1) is 13.7. The van der Waals surface area contributed by atoms with Crippen LogP contribution >= 0.6 is 0 Å². The SMILES string of the molecule is COc1ccc(-c2cc(C(=O)O)c[nH]c2=O)c(OC)c1. The lowest BCUT2D eigenvalue weighted by molar-refractivity contribution is 0.0696. The third kappa shape index (κ3) is 2.49. The molecule has 0 fully saturated rings. The number of pyridine rings is 1. The summed E-state index contributed by atoms with van der Waals surface area (Å²) >= 11 is 0. The minimum Gasteiger partial charge on any atom is -0.497 e. The third-order valence-corrected chi connectivity index (χ3v) is 2.85. The van der Waals surface area contributed by atoms with Crippen LogP contribution < -0.4 is 15.0 Å². The largest absolute Gasteiger partial charge is 0.497 e. The van der Waals surface area contributed by atoms with Gasteiger partial charge in [-0.3, -0.25) is 4.79 Å². The van der Waals surface area contributed by atoms with E-state index in [9.17, 15) is 9.59 Å². The zero-order valence-electron chi connectivity index (χ0n) is 11.0. The predicted octanol–water partition coefficient (Wildman–Crippen LogP) is 1.76. The lowest BCUT2D eigenvalue weighted by atomic mass is 10.0. The van der Waals surface area contributed by atoms with Gasteiger partial charge >= 0.3 is 5.97 Å². The highest BCUT2D eigenvalue weighted by Gasteiger charge is 2.13. The minimum absolute atomic E-state index is 0.00234. The van der Waals surface area contributed by atoms with Crippen LogP contribution in [0, 0.1) is 0 Å². The van der Waals surface area contributed by atoms with E-state index < -0.39 is 11.5 Å². The summed E-state index contributed by atoms with van der Waals surface area (Å²) in [5.74, 6) is -0.108. The molecule has 0 aliphatic carbocycles. The molecule has 0 spiro atoms. The Bertz CT molecular complexity index is 705. The summed E-state index contributed by atoms with van der Waals surface area (Å²) in [4.78, 5) is 25.3. The Morgan fingerprint density at radius 1 is 1.15 bits per heavy atom. The van der Waals surface area contributed by atoms with Crippen LogP contribution in [0.25, 0.3) is 11.1 Å². The molecule has 1 heterocycles. The standard InChI is InChI=1S/C14H13NO5/c1-19-9-3-4-10(12(6-9)20-2)11-5-8(14(17)18)7-15-13(11)16/h3-7H,1-2H3,(H,15,16)(H,17,18). The number of H-pyrrole nitrogens is 1. The molecule has 6 heteroatoms. The number of carboxylic acids is 1. The van der Waals surface area contributed by atoms with Crippen LogP contribution in [0.2, 0.25) is 0 Å². The highest BCUT2D eigenvalue weighted by molar-refractivity contribution is 5.89. The maximum atomic E-state index is 11.9. The second-order valence-electron chi connectivity index (χ2n) is 4.00. The number of hydrogen-bond acceptors (Lipinski definition) is 4. The van der Waals surface area contributed by atoms with E-state index in [2.05, 4.69) is 4.98 Å². The van der Waals surface area contributed by atoms with Crippen molar-refractivity contribution in [2.45, 2.75) is 0 Å². The number of benzene rings is 1. The number of carboxylic acid groups (broad SMARTS) is 1. The lowest BCUT2D eigenvalue weighted by Gasteiger charge is -2.10. The first-order valence-electron chi connectivity index (χ1n) is 5.75. The maximum absolute atomic E-state index is 11.9. The van der Waals surface area contributed by atoms with Gasteiger partial charge in [-0.2, -0.15) is 0 Å². The van der Waals surface area contributed by atoms with Crippen LogP contribution in [-0.2, 0) is 0 Å². The number of nitrogens with one attached hydrogen (secondary N) is 1. The fraction of sp³-hybridized carbons (Fsp3) is 0.143. The van der Waals surface area contributed by atoms with Crippen molar-refractivity contribution in [1.82, 2.24) is 4.98 Å². The van der Waals surface area contributed by atoms with E-state index in [0.717, 1.165) is 6.20 Å². The Kier molecular flexibility index (Phi) is 3.74. The van der Waals surface area contributed by atoms with Crippen molar-refractivity contribution in [2.24, 2.45) is 0 Å². The molecule has 0 amide bonds. The molecule has 104 valence electrons. The molecule has 2 N–H and O–H groups in total. The van der Waals surface area contributed by atoms with Crippen molar-refractivity contribution in [3.05, 3.63) is 46.4 Å². The van der Waals surface area contributed by atoms with E-state index in [1.54, 1.807) is 18.2 Å². The van der Waals surface area contributed by atoms with Crippen molar-refractivity contribution >= 4 is 5.97 Å². The van der Waals surface area contributed by atoms with Gasteiger partial charge in [-0.05, 0) is 18.2 Å². The summed E-state index contributed by atoms with van der Waals surface area (Å²) in [5, 5.41) is 8.98. The fourth-order valence-electron chi connectivity index (χ4n) is 1.83. The van der Waals surface area contributed by atoms with Crippen molar-refractivity contribution < 1.29 is 19.4 Å². The molecule has 0 saturated heterocycles. The second kappa shape index (κ2) is 5.48. The second-order valence-corrected chi connectivity index (χ2v) is 4.00. The van der Waals surface area contributed by atoms with E-state index in [0.29, 0.717) is 17.1 Å². The summed E-state index contributed by atoms with van der Waals surface area (Å²) in [6, 6.07) is 6.26. The minimum atomic E-state index is -1.12. The van der Waals surface area contributed by atoms with E-state index >= 15 is 0 Å². The summed E-state index contributed by atoms with van der Waals surface area (Å²) < 4.78 is 10.3. The predicted molar refractivity (Wildman–Crippen MR) is 72.6 cm³/mol. The Labute approximate surface area is 114 Å². The van der Waals surface area contributed by atoms with E-state index in [4.69, 9.17) is 14.6 Å². The Hall–Kier alpha value is -2.76. The maximum Gasteiger partial charge on any atom is 0.337 e. The number of carbonyl (C=O) groups is 1. The quantitative estimate of drug-likeness (QED) is 0.887. The number of aromatic carboxylic acids is 1. The number of ether oxygens (including phenoxy) is 2. The molecule has 0 unspecified atom stereocenters. The van der Waals surface area contributed by atoms with Gasteiger partial charge in [0.1, 0.15) is 11.5 Å². The molecule has 20 heavy (non-hydrogen) atoms. The molecule has 2 rings (SSSR count). The van der Waals surface area contributed by atoms with Gasteiger partial charge in [0.05, 0.1) is 25.3 Å². The zero-order chi connectivity index (χ0) is 14.7. The molecule has 0 radical (unpaired) electrons. The molecule has 0 bridgehead atoms. The number of hydrogen-bond donors (Lipinski definition) is 2. The molecular formula is C14H13NO5. The first-order valence-corrected chi connectivity index (χ1v) is 5.75. The van der Waals surface area contributed by atoms with Gasteiger partial charge in [-0.25, -0.2) is 4.79 Å². The van der Waals surface area contributed by atoms with Crippen LogP contribution in [0.15, 0.2) is 35.3 Å². The van der Waals surface area contributed by atoms with E-state index in [-0.39, 0.29) is 11.1 Å². The van der Waals surface area contributed by atoms with Gasteiger partial charge in [0.2, 0.25) is 0 Å². The van der Waals surface area contributed by atoms with Gasteiger partial charge < -0.3 is 19.6 Å². The average Bonchev–Trinajstić information content (AvgIpc) is 2.47. The van der Waals surface area contributed by atoms with Crippen molar-refractivity contribution in [1.29, 1.82) is 0 Å². The molecule has 0 atom stereocenters. The molecule has 0 saturated carbocycles. The van der Waals surface area contributed by atoms with Crippen LogP contribution in [0.1, 0.15) is 10.4 Å². The number of methoxy groups -OCH3 is 2. The van der Waals surface area contributed by atoms with Gasteiger partial charge in [0.25, 0.3) is 5.56 Å². The fourth-order valence-corrected chi connectivity index (χ4v) is 1.83. The molecule has 1 aromatic carbocycles. The van der Waals surface area contributed by atoms with Gasteiger partial charge in [-0.1, -0.05) is 0 Å². The molecule has 2 aromatic rings.